The summed E-state index contributed by atoms with van der Waals surface area (Å²) >= 11 is 1.53. The Hall–Kier alpha value is -2.31. The van der Waals surface area contributed by atoms with E-state index in [-0.39, 0.29) is 5.91 Å². The Morgan fingerprint density at radius 1 is 1.33 bits per heavy atom. The number of carbonyl (C=O) groups is 1. The van der Waals surface area contributed by atoms with E-state index in [9.17, 15) is 4.79 Å². The molecule has 0 N–H and O–H groups in total. The summed E-state index contributed by atoms with van der Waals surface area (Å²) in [6, 6.07) is 7.46. The number of hydrogen-bond acceptors (Lipinski definition) is 4. The van der Waals surface area contributed by atoms with Crippen molar-refractivity contribution in [3.05, 3.63) is 57.6 Å². The zero-order valence-electron chi connectivity index (χ0n) is 13.9. The van der Waals surface area contributed by atoms with Crippen LogP contribution >= 0.6 is 11.3 Å². The van der Waals surface area contributed by atoms with Gasteiger partial charge in [0.15, 0.2) is 4.80 Å². The average Bonchev–Trinajstić information content (AvgIpc) is 2.86. The Kier molecular flexibility index (Phi) is 4.87. The van der Waals surface area contributed by atoms with Crippen molar-refractivity contribution in [3.63, 3.8) is 0 Å². The second-order valence-electron chi connectivity index (χ2n) is 5.49. The number of fused-ring (bicyclic) bond motifs is 1. The lowest BCUT2D eigenvalue weighted by Crippen LogP contribution is -2.20. The first-order chi connectivity index (χ1) is 11.6. The molecular weight excluding hydrogens is 322 g/mol. The number of methoxy groups -OCH3 is 1. The summed E-state index contributed by atoms with van der Waals surface area (Å²) in [5, 5.41) is 1.80. The van der Waals surface area contributed by atoms with E-state index in [1.54, 1.807) is 25.6 Å². The van der Waals surface area contributed by atoms with E-state index >= 15 is 0 Å². The van der Waals surface area contributed by atoms with Crippen molar-refractivity contribution in [2.24, 2.45) is 4.99 Å². The Bertz CT molecular complexity index is 951. The van der Waals surface area contributed by atoms with Crippen LogP contribution in [0.15, 0.2) is 41.7 Å². The van der Waals surface area contributed by atoms with Gasteiger partial charge in [-0.25, -0.2) is 0 Å². The molecule has 1 aromatic carbocycles. The summed E-state index contributed by atoms with van der Waals surface area (Å²) in [4.78, 5) is 23.1. The number of rotatable bonds is 4. The number of aryl methyl sites for hydroxylation is 1. The van der Waals surface area contributed by atoms with E-state index in [0.717, 1.165) is 21.3 Å². The van der Waals surface area contributed by atoms with Crippen LogP contribution in [0.25, 0.3) is 10.8 Å². The monoisotopic (exact) mass is 341 g/mol. The molecule has 3 rings (SSSR count). The van der Waals surface area contributed by atoms with E-state index in [4.69, 9.17) is 4.74 Å². The molecule has 24 heavy (non-hydrogen) atoms. The van der Waals surface area contributed by atoms with Gasteiger partial charge in [-0.2, -0.15) is 4.99 Å². The van der Waals surface area contributed by atoms with Crippen molar-refractivity contribution in [2.45, 2.75) is 20.4 Å². The van der Waals surface area contributed by atoms with Gasteiger partial charge in [0.25, 0.3) is 5.91 Å². The fourth-order valence-corrected chi connectivity index (χ4v) is 3.58. The van der Waals surface area contributed by atoms with E-state index in [0.29, 0.717) is 23.5 Å². The predicted octanol–water partition coefficient (Wildman–Crippen LogP) is 3.10. The lowest BCUT2D eigenvalue weighted by Gasteiger charge is -2.05. The molecule has 0 aliphatic carbocycles. The molecule has 0 fully saturated rings. The molecule has 0 spiro atoms. The number of carbonyl (C=O) groups excluding carboxylic acids is 1. The second kappa shape index (κ2) is 7.07. The molecule has 0 aliphatic rings. The summed E-state index contributed by atoms with van der Waals surface area (Å²) in [5.41, 5.74) is 1.71. The Balaban J connectivity index is 2.08. The van der Waals surface area contributed by atoms with E-state index in [1.165, 1.54) is 11.3 Å². The van der Waals surface area contributed by atoms with Crippen LogP contribution in [0, 0.1) is 13.8 Å². The summed E-state index contributed by atoms with van der Waals surface area (Å²) in [5.74, 6) is -0.237. The van der Waals surface area contributed by atoms with Gasteiger partial charge in [-0.15, -0.1) is 11.3 Å². The van der Waals surface area contributed by atoms with E-state index in [1.807, 2.05) is 36.6 Å². The number of benzene rings is 1. The summed E-state index contributed by atoms with van der Waals surface area (Å²) in [6.45, 7) is 5.33. The smallest absolute Gasteiger partial charge is 0.280 e. The predicted molar refractivity (Wildman–Crippen MR) is 95.3 cm³/mol. The molecule has 124 valence electrons. The second-order valence-corrected chi connectivity index (χ2v) is 6.67. The maximum Gasteiger partial charge on any atom is 0.280 e. The highest BCUT2D eigenvalue weighted by molar-refractivity contribution is 7.09. The van der Waals surface area contributed by atoms with Crippen molar-refractivity contribution in [1.29, 1.82) is 0 Å². The standard InChI is InChI=1S/C18H19N3O2S/c1-12-13(2)24-18(21(12)9-10-23-3)20-17(22)16-6-4-5-14-11-19-8-7-15(14)16/h4-8,11H,9-10H2,1-3H3. The molecule has 0 aliphatic heterocycles. The van der Waals surface area contributed by atoms with Gasteiger partial charge in [0.1, 0.15) is 0 Å². The summed E-state index contributed by atoms with van der Waals surface area (Å²) < 4.78 is 7.20. The van der Waals surface area contributed by atoms with Gasteiger partial charge < -0.3 is 9.30 Å². The van der Waals surface area contributed by atoms with Crippen LogP contribution in [0.3, 0.4) is 0 Å². The maximum absolute atomic E-state index is 12.7. The molecule has 0 unspecified atom stereocenters. The number of pyridine rings is 1. The molecule has 0 atom stereocenters. The number of thiazole rings is 1. The number of hydrogen-bond donors (Lipinski definition) is 0. The normalized spacial score (nSPS) is 12.0. The van der Waals surface area contributed by atoms with Crippen LogP contribution < -0.4 is 4.80 Å². The highest BCUT2D eigenvalue weighted by Crippen LogP contribution is 2.18. The molecule has 0 bridgehead atoms. The highest BCUT2D eigenvalue weighted by Gasteiger charge is 2.11. The topological polar surface area (TPSA) is 56.5 Å². The third-order valence-electron chi connectivity index (χ3n) is 4.02. The van der Waals surface area contributed by atoms with Gasteiger partial charge in [0.2, 0.25) is 0 Å². The Morgan fingerprint density at radius 2 is 2.17 bits per heavy atom. The maximum atomic E-state index is 12.7. The van der Waals surface area contributed by atoms with E-state index in [2.05, 4.69) is 9.98 Å². The molecule has 0 saturated carbocycles. The quantitative estimate of drug-likeness (QED) is 0.733. The molecular formula is C18H19N3O2S. The van der Waals surface area contributed by atoms with Gasteiger partial charge >= 0.3 is 0 Å². The molecule has 3 aromatic rings. The first kappa shape index (κ1) is 16.5. The van der Waals surface area contributed by atoms with Crippen LogP contribution in [0.4, 0.5) is 0 Å². The van der Waals surface area contributed by atoms with Crippen LogP contribution in [0.5, 0.6) is 0 Å². The summed E-state index contributed by atoms with van der Waals surface area (Å²) in [7, 11) is 1.67. The average molecular weight is 341 g/mol. The largest absolute Gasteiger partial charge is 0.383 e. The number of nitrogens with zero attached hydrogens (tertiary/aromatic N) is 3. The number of aromatic nitrogens is 2. The molecule has 0 saturated heterocycles. The SMILES string of the molecule is COCCn1c(C)c(C)sc1=NC(=O)c1cccc2cnccc12. The minimum atomic E-state index is -0.237. The first-order valence-electron chi connectivity index (χ1n) is 7.69. The van der Waals surface area contributed by atoms with Crippen LogP contribution in [-0.4, -0.2) is 29.2 Å². The van der Waals surface area contributed by atoms with Crippen molar-refractivity contribution in [3.8, 4) is 0 Å². The molecule has 5 nitrogen and oxygen atoms in total. The van der Waals surface area contributed by atoms with Crippen LogP contribution in [0.1, 0.15) is 20.9 Å². The molecule has 2 aromatic heterocycles. The fourth-order valence-electron chi connectivity index (χ4n) is 2.58. The third kappa shape index (κ3) is 3.16. The van der Waals surface area contributed by atoms with Crippen molar-refractivity contribution in [2.75, 3.05) is 13.7 Å². The zero-order chi connectivity index (χ0) is 17.1. The fraction of sp³-hybridized carbons (Fsp3) is 0.278. The van der Waals surface area contributed by atoms with Gasteiger partial charge in [-0.3, -0.25) is 9.78 Å². The highest BCUT2D eigenvalue weighted by atomic mass is 32.1. The number of amides is 1. The van der Waals surface area contributed by atoms with Crippen molar-refractivity contribution < 1.29 is 9.53 Å². The minimum Gasteiger partial charge on any atom is -0.383 e. The Labute approximate surface area is 144 Å². The molecule has 0 radical (unpaired) electrons. The van der Waals surface area contributed by atoms with E-state index < -0.39 is 0 Å². The lowest BCUT2D eigenvalue weighted by molar-refractivity contribution is 0.0998. The van der Waals surface area contributed by atoms with Gasteiger partial charge in [-0.05, 0) is 31.4 Å². The van der Waals surface area contributed by atoms with Gasteiger partial charge in [0.05, 0.1) is 6.61 Å². The van der Waals surface area contributed by atoms with Gasteiger partial charge in [-0.1, -0.05) is 12.1 Å². The number of ether oxygens (including phenoxy) is 1. The van der Waals surface area contributed by atoms with Crippen molar-refractivity contribution in [1.82, 2.24) is 9.55 Å². The third-order valence-corrected chi connectivity index (χ3v) is 5.11. The summed E-state index contributed by atoms with van der Waals surface area (Å²) in [6.07, 6.45) is 3.45. The molecule has 1 amide bonds. The minimum absolute atomic E-state index is 0.237. The van der Waals surface area contributed by atoms with Crippen LogP contribution in [0.2, 0.25) is 0 Å². The molecule has 6 heteroatoms. The van der Waals surface area contributed by atoms with Crippen molar-refractivity contribution >= 4 is 28.0 Å². The molecule has 2 heterocycles. The first-order valence-corrected chi connectivity index (χ1v) is 8.51. The van der Waals surface area contributed by atoms with Crippen LogP contribution in [-0.2, 0) is 11.3 Å². The lowest BCUT2D eigenvalue weighted by atomic mass is 10.1. The Morgan fingerprint density at radius 3 is 2.96 bits per heavy atom. The van der Waals surface area contributed by atoms with Gasteiger partial charge in [0, 0.05) is 47.6 Å². The zero-order valence-corrected chi connectivity index (χ0v) is 14.8.